The van der Waals surface area contributed by atoms with Crippen LogP contribution >= 0.6 is 0 Å². The molecule has 1 aromatic rings. The molecule has 108 valence electrons. The first-order valence-corrected chi connectivity index (χ1v) is 7.55. The van der Waals surface area contributed by atoms with Crippen LogP contribution in [0.1, 0.15) is 38.7 Å². The Kier molecular flexibility index (Phi) is 3.45. The summed E-state index contributed by atoms with van der Waals surface area (Å²) in [5.74, 6) is 1.04. The van der Waals surface area contributed by atoms with E-state index in [4.69, 9.17) is 4.74 Å². The van der Waals surface area contributed by atoms with E-state index in [0.29, 0.717) is 18.1 Å². The molecule has 1 N–H and O–H groups in total. The van der Waals surface area contributed by atoms with Crippen molar-refractivity contribution in [3.63, 3.8) is 0 Å². The second-order valence-corrected chi connectivity index (χ2v) is 6.93. The molecule has 0 spiro atoms. The number of para-hydroxylation sites is 1. The van der Waals surface area contributed by atoms with Crippen molar-refractivity contribution in [2.75, 3.05) is 6.61 Å². The minimum atomic E-state index is -0.0476. The van der Waals surface area contributed by atoms with Crippen LogP contribution in [0.4, 0.5) is 0 Å². The number of carbonyl (C=O) groups excluding carboxylic acids is 1. The lowest BCUT2D eigenvalue weighted by Gasteiger charge is -2.26. The Morgan fingerprint density at radius 3 is 2.90 bits per heavy atom. The average Bonchev–Trinajstić information content (AvgIpc) is 2.77. The van der Waals surface area contributed by atoms with Gasteiger partial charge >= 0.3 is 0 Å². The molecule has 1 aliphatic carbocycles. The van der Waals surface area contributed by atoms with E-state index in [1.54, 1.807) is 0 Å². The number of fused-ring (bicyclic) bond motifs is 1. The van der Waals surface area contributed by atoms with Gasteiger partial charge in [-0.1, -0.05) is 32.0 Å². The van der Waals surface area contributed by atoms with Crippen molar-refractivity contribution in [2.45, 2.75) is 45.6 Å². The third-order valence-electron chi connectivity index (χ3n) is 4.56. The number of rotatable bonds is 2. The minimum absolute atomic E-state index is 0.0476. The van der Waals surface area contributed by atoms with Crippen LogP contribution in [0.15, 0.2) is 24.3 Å². The molecule has 0 bridgehead atoms. The summed E-state index contributed by atoms with van der Waals surface area (Å²) in [6.45, 7) is 5.05. The molecule has 1 saturated carbocycles. The standard InChI is InChI=1S/C17H23NO2/c1-17(2)8-7-14(10-17)18-16(19)13-9-12-5-3-4-6-15(12)20-11-13/h3-6,13-14H,7-11H2,1-2H3,(H,18,19). The van der Waals surface area contributed by atoms with E-state index in [1.807, 2.05) is 24.3 Å². The number of hydrogen-bond donors (Lipinski definition) is 1. The Morgan fingerprint density at radius 1 is 1.35 bits per heavy atom. The van der Waals surface area contributed by atoms with Gasteiger partial charge in [-0.2, -0.15) is 0 Å². The van der Waals surface area contributed by atoms with E-state index in [-0.39, 0.29) is 11.8 Å². The summed E-state index contributed by atoms with van der Waals surface area (Å²) in [4.78, 5) is 12.4. The van der Waals surface area contributed by atoms with E-state index in [2.05, 4.69) is 19.2 Å². The molecule has 0 aromatic heterocycles. The maximum Gasteiger partial charge on any atom is 0.227 e. The lowest BCUT2D eigenvalue weighted by molar-refractivity contribution is -0.127. The van der Waals surface area contributed by atoms with Gasteiger partial charge in [-0.05, 0) is 42.7 Å². The molecule has 3 rings (SSSR count). The number of hydrogen-bond acceptors (Lipinski definition) is 2. The molecule has 1 heterocycles. The topological polar surface area (TPSA) is 38.3 Å². The van der Waals surface area contributed by atoms with Crippen LogP contribution in [0.25, 0.3) is 0 Å². The lowest BCUT2D eigenvalue weighted by Crippen LogP contribution is -2.42. The highest BCUT2D eigenvalue weighted by molar-refractivity contribution is 5.80. The van der Waals surface area contributed by atoms with Crippen LogP contribution < -0.4 is 10.1 Å². The summed E-state index contributed by atoms with van der Waals surface area (Å²) >= 11 is 0. The van der Waals surface area contributed by atoms with Gasteiger partial charge in [0.25, 0.3) is 0 Å². The summed E-state index contributed by atoms with van der Waals surface area (Å²) in [6, 6.07) is 8.34. The Balaban J connectivity index is 1.59. The fourth-order valence-corrected chi connectivity index (χ4v) is 3.37. The Morgan fingerprint density at radius 2 is 2.15 bits per heavy atom. The Bertz CT molecular complexity index is 509. The van der Waals surface area contributed by atoms with Gasteiger partial charge in [0, 0.05) is 6.04 Å². The fraction of sp³-hybridized carbons (Fsp3) is 0.588. The fourth-order valence-electron chi connectivity index (χ4n) is 3.37. The number of carbonyl (C=O) groups is 1. The molecular formula is C17H23NO2. The summed E-state index contributed by atoms with van der Waals surface area (Å²) in [5.41, 5.74) is 1.51. The van der Waals surface area contributed by atoms with Crippen molar-refractivity contribution in [3.8, 4) is 5.75 Å². The first-order valence-electron chi connectivity index (χ1n) is 7.55. The van der Waals surface area contributed by atoms with Gasteiger partial charge in [0.2, 0.25) is 5.91 Å². The average molecular weight is 273 g/mol. The molecule has 1 fully saturated rings. The molecule has 0 radical (unpaired) electrons. The minimum Gasteiger partial charge on any atom is -0.492 e. The van der Waals surface area contributed by atoms with Crippen molar-refractivity contribution >= 4 is 5.91 Å². The first-order chi connectivity index (χ1) is 9.53. The number of benzene rings is 1. The monoisotopic (exact) mass is 273 g/mol. The van der Waals surface area contributed by atoms with Crippen LogP contribution in [-0.2, 0) is 11.2 Å². The van der Waals surface area contributed by atoms with Gasteiger partial charge < -0.3 is 10.1 Å². The van der Waals surface area contributed by atoms with E-state index in [9.17, 15) is 4.79 Å². The van der Waals surface area contributed by atoms with Crippen LogP contribution in [0, 0.1) is 11.3 Å². The summed E-state index contributed by atoms with van der Waals surface area (Å²) in [7, 11) is 0. The molecule has 2 unspecified atom stereocenters. The van der Waals surface area contributed by atoms with E-state index < -0.39 is 0 Å². The molecule has 1 aliphatic heterocycles. The highest BCUT2D eigenvalue weighted by Crippen LogP contribution is 2.37. The number of amides is 1. The van der Waals surface area contributed by atoms with Crippen molar-refractivity contribution < 1.29 is 9.53 Å². The summed E-state index contributed by atoms with van der Waals surface area (Å²) < 4.78 is 5.70. The smallest absolute Gasteiger partial charge is 0.227 e. The predicted octanol–water partition coefficient (Wildman–Crippen LogP) is 2.93. The zero-order chi connectivity index (χ0) is 14.2. The molecule has 1 aromatic carbocycles. The molecule has 20 heavy (non-hydrogen) atoms. The van der Waals surface area contributed by atoms with E-state index >= 15 is 0 Å². The van der Waals surface area contributed by atoms with Crippen LogP contribution in [0.3, 0.4) is 0 Å². The van der Waals surface area contributed by atoms with Crippen molar-refractivity contribution in [1.29, 1.82) is 0 Å². The maximum absolute atomic E-state index is 12.4. The third kappa shape index (κ3) is 2.82. The van der Waals surface area contributed by atoms with Gasteiger partial charge in [-0.15, -0.1) is 0 Å². The normalized spacial score (nSPS) is 27.5. The Hall–Kier alpha value is -1.51. The van der Waals surface area contributed by atoms with Crippen LogP contribution in [-0.4, -0.2) is 18.6 Å². The van der Waals surface area contributed by atoms with Crippen LogP contribution in [0.2, 0.25) is 0 Å². The second-order valence-electron chi connectivity index (χ2n) is 6.93. The van der Waals surface area contributed by atoms with Crippen LogP contribution in [0.5, 0.6) is 5.75 Å². The molecule has 3 heteroatoms. The molecule has 3 nitrogen and oxygen atoms in total. The predicted molar refractivity (Wildman–Crippen MR) is 78.7 cm³/mol. The van der Waals surface area contributed by atoms with E-state index in [1.165, 1.54) is 6.42 Å². The van der Waals surface area contributed by atoms with E-state index in [0.717, 1.165) is 30.6 Å². The van der Waals surface area contributed by atoms with Crippen molar-refractivity contribution in [3.05, 3.63) is 29.8 Å². The zero-order valence-corrected chi connectivity index (χ0v) is 12.3. The van der Waals surface area contributed by atoms with Gasteiger partial charge in [-0.3, -0.25) is 4.79 Å². The molecular weight excluding hydrogens is 250 g/mol. The Labute approximate surface area is 120 Å². The highest BCUT2D eigenvalue weighted by atomic mass is 16.5. The molecule has 2 atom stereocenters. The maximum atomic E-state index is 12.4. The molecule has 0 saturated heterocycles. The van der Waals surface area contributed by atoms with Gasteiger partial charge in [0.05, 0.1) is 5.92 Å². The first kappa shape index (κ1) is 13.5. The number of ether oxygens (including phenoxy) is 1. The largest absolute Gasteiger partial charge is 0.492 e. The summed E-state index contributed by atoms with van der Waals surface area (Å²) in [5, 5.41) is 3.22. The quantitative estimate of drug-likeness (QED) is 0.899. The zero-order valence-electron chi connectivity index (χ0n) is 12.3. The SMILES string of the molecule is CC1(C)CCC(NC(=O)C2COc3ccccc3C2)C1. The van der Waals surface area contributed by atoms with Gasteiger partial charge in [-0.25, -0.2) is 0 Å². The highest BCUT2D eigenvalue weighted by Gasteiger charge is 2.34. The lowest BCUT2D eigenvalue weighted by atomic mass is 9.91. The van der Waals surface area contributed by atoms with Gasteiger partial charge in [0.1, 0.15) is 12.4 Å². The second kappa shape index (κ2) is 5.12. The van der Waals surface area contributed by atoms with Gasteiger partial charge in [0.15, 0.2) is 0 Å². The van der Waals surface area contributed by atoms with Crippen molar-refractivity contribution in [2.24, 2.45) is 11.3 Å². The molecule has 1 amide bonds. The van der Waals surface area contributed by atoms with Crippen molar-refractivity contribution in [1.82, 2.24) is 5.32 Å². The summed E-state index contributed by atoms with van der Waals surface area (Å²) in [6.07, 6.45) is 4.17. The third-order valence-corrected chi connectivity index (χ3v) is 4.56. The number of nitrogens with one attached hydrogen (secondary N) is 1. The molecule has 2 aliphatic rings.